The first-order valence-corrected chi connectivity index (χ1v) is 36.6. The molecular weight excluding hydrogens is 1210 g/mol. The van der Waals surface area contributed by atoms with Gasteiger partial charge < -0.3 is 89.9 Å². The number of hydrogen-bond acceptors (Lipinski definition) is 18. The molecule has 3 aliphatic heterocycles. The van der Waals surface area contributed by atoms with Crippen LogP contribution in [0.25, 0.3) is 0 Å². The fraction of sp³-hybridized carbons (Fsp3) is 0.750. The highest BCUT2D eigenvalue weighted by atomic mass is 16.8. The van der Waals surface area contributed by atoms with Gasteiger partial charge in [-0.15, -0.1) is 0 Å². The van der Waals surface area contributed by atoms with Crippen LogP contribution in [0.2, 0.25) is 0 Å². The van der Waals surface area contributed by atoms with Crippen molar-refractivity contribution in [3.8, 4) is 0 Å². The smallest absolute Gasteiger partial charge is 0.220 e. The number of unbranched alkanes of at least 4 members (excludes halogenated alkanes) is 23. The van der Waals surface area contributed by atoms with Crippen LogP contribution in [0.3, 0.4) is 0 Å². The molecule has 17 atom stereocenters. The van der Waals surface area contributed by atoms with E-state index in [0.29, 0.717) is 12.8 Å². The Bertz CT molecular complexity index is 2140. The summed E-state index contributed by atoms with van der Waals surface area (Å²) < 4.78 is 34.3. The topological polar surface area (TPSA) is 307 Å². The number of carbonyl (C=O) groups is 1. The Labute approximate surface area is 570 Å². The third kappa shape index (κ3) is 37.5. The van der Waals surface area contributed by atoms with E-state index in [4.69, 9.17) is 28.4 Å². The van der Waals surface area contributed by atoms with Gasteiger partial charge in [0.25, 0.3) is 0 Å². The van der Waals surface area contributed by atoms with Crippen LogP contribution >= 0.6 is 0 Å². The quantitative estimate of drug-likeness (QED) is 0.0199. The molecule has 0 spiro atoms. The molecule has 0 aromatic rings. The molecule has 0 aromatic heterocycles. The molecule has 0 radical (unpaired) electrons. The normalized spacial score (nSPS) is 27.9. The molecule has 1 amide bonds. The lowest BCUT2D eigenvalue weighted by Crippen LogP contribution is -2.66. The molecule has 19 nitrogen and oxygen atoms in total. The molecule has 0 aliphatic carbocycles. The molecule has 3 heterocycles. The Kier molecular flexibility index (Phi) is 50.7. The van der Waals surface area contributed by atoms with Crippen molar-refractivity contribution in [3.63, 3.8) is 0 Å². The molecule has 546 valence electrons. The maximum atomic E-state index is 13.4. The molecule has 0 aromatic carbocycles. The molecule has 3 rings (SSSR count). The van der Waals surface area contributed by atoms with E-state index >= 15 is 0 Å². The second kappa shape index (κ2) is 56.2. The van der Waals surface area contributed by atoms with Gasteiger partial charge in [-0.1, -0.05) is 245 Å². The van der Waals surface area contributed by atoms with Crippen LogP contribution in [-0.2, 0) is 33.2 Å². The van der Waals surface area contributed by atoms with E-state index in [1.54, 1.807) is 6.08 Å². The van der Waals surface area contributed by atoms with Crippen molar-refractivity contribution in [2.45, 2.75) is 336 Å². The summed E-state index contributed by atoms with van der Waals surface area (Å²) in [6.07, 6.45) is 49.3. The van der Waals surface area contributed by atoms with Gasteiger partial charge in [0.05, 0.1) is 38.6 Å². The van der Waals surface area contributed by atoms with Crippen LogP contribution in [0, 0.1) is 0 Å². The summed E-state index contributed by atoms with van der Waals surface area (Å²) in [7, 11) is 0. The summed E-state index contributed by atoms with van der Waals surface area (Å²) in [5.74, 6) is -0.291. The van der Waals surface area contributed by atoms with E-state index in [1.165, 1.54) is 103 Å². The first kappa shape index (κ1) is 85.7. The maximum absolute atomic E-state index is 13.4. The second-order valence-corrected chi connectivity index (χ2v) is 25.7. The Morgan fingerprint density at radius 3 is 1.18 bits per heavy atom. The van der Waals surface area contributed by atoms with E-state index in [2.05, 4.69) is 116 Å². The van der Waals surface area contributed by atoms with Crippen molar-refractivity contribution >= 4 is 5.91 Å². The summed E-state index contributed by atoms with van der Waals surface area (Å²) >= 11 is 0. The summed E-state index contributed by atoms with van der Waals surface area (Å²) in [5, 5.41) is 121. The van der Waals surface area contributed by atoms with E-state index < -0.39 is 124 Å². The maximum Gasteiger partial charge on any atom is 0.220 e. The second-order valence-electron chi connectivity index (χ2n) is 25.7. The summed E-state index contributed by atoms with van der Waals surface area (Å²) in [6.45, 7) is 1.58. The van der Waals surface area contributed by atoms with E-state index in [0.717, 1.165) is 96.3 Å². The highest BCUT2D eigenvalue weighted by Gasteiger charge is 2.53. The van der Waals surface area contributed by atoms with Gasteiger partial charge in [-0.25, -0.2) is 0 Å². The molecule has 3 fully saturated rings. The fourth-order valence-electron chi connectivity index (χ4n) is 11.7. The monoisotopic (exact) mass is 1340 g/mol. The van der Waals surface area contributed by atoms with Crippen LogP contribution < -0.4 is 5.32 Å². The largest absolute Gasteiger partial charge is 0.394 e. The van der Waals surface area contributed by atoms with Gasteiger partial charge in [0.2, 0.25) is 5.91 Å². The van der Waals surface area contributed by atoms with Crippen LogP contribution in [0.15, 0.2) is 109 Å². The van der Waals surface area contributed by atoms with E-state index in [-0.39, 0.29) is 18.9 Å². The minimum absolute atomic E-state index is 0.228. The molecule has 12 N–H and O–H groups in total. The highest BCUT2D eigenvalue weighted by Crippen LogP contribution is 2.33. The lowest BCUT2D eigenvalue weighted by Gasteiger charge is -2.48. The van der Waals surface area contributed by atoms with Gasteiger partial charge in [-0.3, -0.25) is 4.79 Å². The Hall–Kier alpha value is -3.55. The number of amides is 1. The number of allylic oxidation sites excluding steroid dienone is 17. The van der Waals surface area contributed by atoms with Gasteiger partial charge in [0.15, 0.2) is 18.9 Å². The Morgan fingerprint density at radius 2 is 0.737 bits per heavy atom. The number of hydrogen-bond donors (Lipinski definition) is 12. The van der Waals surface area contributed by atoms with Crippen LogP contribution in [-0.4, -0.2) is 193 Å². The van der Waals surface area contributed by atoms with Crippen molar-refractivity contribution in [2.24, 2.45) is 0 Å². The van der Waals surface area contributed by atoms with Crippen LogP contribution in [0.5, 0.6) is 0 Å². The van der Waals surface area contributed by atoms with Gasteiger partial charge in [0, 0.05) is 6.42 Å². The standard InChI is InChI=1S/C76H129NO18/c1-3-5-7-9-11-13-15-17-19-20-21-22-23-24-25-26-27-28-29-30-31-32-33-34-35-36-37-38-40-42-44-46-48-50-52-54-64(82)77-59(60(81)53-51-49-47-45-43-41-39-18-16-14-12-10-8-6-4-2)58-90-74-70(88)67(85)72(62(56-79)92-74)95-76-71(89)68(86)73(63(57-80)93-76)94-75-69(87)66(84)65(83)61(55-78)91-75/h5,7,11,13,17,19,21-22,24-25,27-28,30-31,43,45,51,53,59-63,65-76,78-81,83-89H,3-4,6,8-10,12,14-16,18,20,23,26,29,32-42,44,46-50,52,54-58H2,1-2H3,(H,77,82)/b7-5-,13-11-,19-17-,22-21-,25-24-,28-27-,31-30-,45-43+,53-51+. The van der Waals surface area contributed by atoms with Crippen molar-refractivity contribution in [1.29, 1.82) is 0 Å². The van der Waals surface area contributed by atoms with Crippen molar-refractivity contribution in [3.05, 3.63) is 109 Å². The Balaban J connectivity index is 1.37. The number of rotatable bonds is 55. The zero-order valence-corrected chi connectivity index (χ0v) is 57.9. The van der Waals surface area contributed by atoms with E-state index in [9.17, 15) is 61.0 Å². The number of aliphatic hydroxyl groups is 11. The lowest BCUT2D eigenvalue weighted by atomic mass is 9.96. The van der Waals surface area contributed by atoms with Gasteiger partial charge in [-0.05, 0) is 89.9 Å². The number of nitrogens with one attached hydrogen (secondary N) is 1. The van der Waals surface area contributed by atoms with Gasteiger partial charge in [-0.2, -0.15) is 0 Å². The zero-order valence-electron chi connectivity index (χ0n) is 57.9. The first-order valence-electron chi connectivity index (χ1n) is 36.6. The first-order chi connectivity index (χ1) is 46.3. The SMILES string of the molecule is CC/C=C\C/C=C\C/C=C\C/C=C\C/C=C\C/C=C\C/C=C\CCCCCCCCCCCCCCCC(=O)NC(COC1OC(CO)C(OC2OC(CO)C(OC3OC(CO)C(O)C(O)C3O)C(O)C2O)C(O)C1O)C(O)/C=C/CC/C=C/CCCCCCCCCCC. The van der Waals surface area contributed by atoms with Crippen molar-refractivity contribution in [1.82, 2.24) is 5.32 Å². The molecule has 3 saturated heterocycles. The Morgan fingerprint density at radius 1 is 0.389 bits per heavy atom. The third-order valence-electron chi connectivity index (χ3n) is 17.6. The third-order valence-corrected chi connectivity index (χ3v) is 17.6. The number of ether oxygens (including phenoxy) is 6. The summed E-state index contributed by atoms with van der Waals surface area (Å²) in [5.41, 5.74) is 0. The lowest BCUT2D eigenvalue weighted by molar-refractivity contribution is -0.379. The van der Waals surface area contributed by atoms with Gasteiger partial charge in [0.1, 0.15) is 73.2 Å². The molecule has 19 heteroatoms. The molecular formula is C76H129NO18. The molecule has 0 bridgehead atoms. The fourth-order valence-corrected chi connectivity index (χ4v) is 11.7. The predicted molar refractivity (Wildman–Crippen MR) is 374 cm³/mol. The molecule has 95 heavy (non-hydrogen) atoms. The number of aliphatic hydroxyl groups excluding tert-OH is 11. The van der Waals surface area contributed by atoms with Crippen LogP contribution in [0.1, 0.15) is 232 Å². The highest BCUT2D eigenvalue weighted by molar-refractivity contribution is 5.76. The number of carbonyl (C=O) groups excluding carboxylic acids is 1. The molecule has 0 saturated carbocycles. The minimum Gasteiger partial charge on any atom is -0.394 e. The van der Waals surface area contributed by atoms with Gasteiger partial charge >= 0.3 is 0 Å². The average Bonchev–Trinajstić information content (AvgIpc) is 0.799. The molecule has 3 aliphatic rings. The zero-order chi connectivity index (χ0) is 68.9. The van der Waals surface area contributed by atoms with E-state index in [1.807, 2.05) is 6.08 Å². The van der Waals surface area contributed by atoms with Crippen molar-refractivity contribution in [2.75, 3.05) is 26.4 Å². The molecule has 17 unspecified atom stereocenters. The minimum atomic E-state index is -1.98. The summed E-state index contributed by atoms with van der Waals surface area (Å²) in [6, 6.07) is -0.997. The van der Waals surface area contributed by atoms with Crippen LogP contribution in [0.4, 0.5) is 0 Å². The predicted octanol–water partition coefficient (Wildman–Crippen LogP) is 10.6. The van der Waals surface area contributed by atoms with Crippen molar-refractivity contribution < 1.29 is 89.4 Å². The average molecular weight is 1340 g/mol. The summed E-state index contributed by atoms with van der Waals surface area (Å²) in [4.78, 5) is 13.4.